The van der Waals surface area contributed by atoms with Crippen molar-refractivity contribution in [3.63, 3.8) is 0 Å². The van der Waals surface area contributed by atoms with Crippen molar-refractivity contribution in [2.75, 3.05) is 12.3 Å². The SMILES string of the molecule is CCOC(=O)C(CC(C)C)c1ccc(N)c(F)c1. The third-order valence-electron chi connectivity index (χ3n) is 2.71. The molecule has 4 heteroatoms. The van der Waals surface area contributed by atoms with Crippen molar-refractivity contribution in [2.24, 2.45) is 5.92 Å². The van der Waals surface area contributed by atoms with Gasteiger partial charge >= 0.3 is 5.97 Å². The fourth-order valence-electron chi connectivity index (χ4n) is 1.84. The number of esters is 1. The first kappa shape index (κ1) is 14.5. The molecule has 1 rings (SSSR count). The summed E-state index contributed by atoms with van der Waals surface area (Å²) in [6.45, 7) is 6.11. The van der Waals surface area contributed by atoms with E-state index in [1.165, 1.54) is 12.1 Å². The lowest BCUT2D eigenvalue weighted by Crippen LogP contribution is -2.18. The summed E-state index contributed by atoms with van der Waals surface area (Å²) in [4.78, 5) is 11.9. The van der Waals surface area contributed by atoms with Crippen LogP contribution in [0.5, 0.6) is 0 Å². The van der Waals surface area contributed by atoms with Crippen LogP contribution in [0.15, 0.2) is 18.2 Å². The summed E-state index contributed by atoms with van der Waals surface area (Å²) in [5.74, 6) is -0.916. The Hall–Kier alpha value is -1.58. The maximum absolute atomic E-state index is 13.4. The normalized spacial score (nSPS) is 12.5. The number of hydrogen-bond donors (Lipinski definition) is 1. The van der Waals surface area contributed by atoms with Crippen LogP contribution in [0, 0.1) is 11.7 Å². The lowest BCUT2D eigenvalue weighted by molar-refractivity contribution is -0.145. The summed E-state index contributed by atoms with van der Waals surface area (Å²) in [6.07, 6.45) is 0.627. The van der Waals surface area contributed by atoms with Gasteiger partial charge in [0.05, 0.1) is 18.2 Å². The Morgan fingerprint density at radius 3 is 2.61 bits per heavy atom. The number of benzene rings is 1. The standard InChI is InChI=1S/C14H20FNO2/c1-4-18-14(17)11(7-9(2)3)10-5-6-13(16)12(15)8-10/h5-6,8-9,11H,4,7,16H2,1-3H3. The van der Waals surface area contributed by atoms with E-state index >= 15 is 0 Å². The molecule has 3 nitrogen and oxygen atoms in total. The van der Waals surface area contributed by atoms with Gasteiger partial charge in [0, 0.05) is 0 Å². The molecule has 1 aromatic carbocycles. The Balaban J connectivity index is 3.00. The van der Waals surface area contributed by atoms with Gasteiger partial charge in [0.15, 0.2) is 0 Å². The van der Waals surface area contributed by atoms with Crippen LogP contribution < -0.4 is 5.73 Å². The molecule has 0 aromatic heterocycles. The van der Waals surface area contributed by atoms with E-state index in [1.807, 2.05) is 13.8 Å². The molecule has 100 valence electrons. The van der Waals surface area contributed by atoms with E-state index in [0.29, 0.717) is 24.5 Å². The van der Waals surface area contributed by atoms with E-state index in [2.05, 4.69) is 0 Å². The van der Waals surface area contributed by atoms with Gasteiger partial charge in [-0.15, -0.1) is 0 Å². The molecule has 1 aromatic rings. The average molecular weight is 253 g/mol. The minimum atomic E-state index is -0.495. The minimum Gasteiger partial charge on any atom is -0.466 e. The van der Waals surface area contributed by atoms with Crippen LogP contribution in [-0.4, -0.2) is 12.6 Å². The highest BCUT2D eigenvalue weighted by Gasteiger charge is 2.23. The van der Waals surface area contributed by atoms with E-state index in [9.17, 15) is 9.18 Å². The van der Waals surface area contributed by atoms with Gasteiger partial charge < -0.3 is 10.5 Å². The zero-order chi connectivity index (χ0) is 13.7. The zero-order valence-electron chi connectivity index (χ0n) is 11.1. The number of halogens is 1. The predicted octanol–water partition coefficient (Wildman–Crippen LogP) is 3.10. The number of anilines is 1. The summed E-state index contributed by atoms with van der Waals surface area (Å²) < 4.78 is 18.5. The Kier molecular flexibility index (Phi) is 5.13. The van der Waals surface area contributed by atoms with Crippen LogP contribution in [0.25, 0.3) is 0 Å². The second-order valence-corrected chi connectivity index (χ2v) is 4.72. The van der Waals surface area contributed by atoms with Crippen LogP contribution in [0.3, 0.4) is 0 Å². The van der Waals surface area contributed by atoms with E-state index in [1.54, 1.807) is 13.0 Å². The Labute approximate surface area is 107 Å². The van der Waals surface area contributed by atoms with Crippen LogP contribution in [0.2, 0.25) is 0 Å². The van der Waals surface area contributed by atoms with Crippen LogP contribution >= 0.6 is 0 Å². The van der Waals surface area contributed by atoms with Gasteiger partial charge in [0.1, 0.15) is 5.82 Å². The van der Waals surface area contributed by atoms with Crippen molar-refractivity contribution in [3.8, 4) is 0 Å². The molecule has 0 saturated heterocycles. The monoisotopic (exact) mass is 253 g/mol. The molecule has 1 atom stereocenters. The first-order chi connectivity index (χ1) is 8.45. The average Bonchev–Trinajstić information content (AvgIpc) is 2.30. The van der Waals surface area contributed by atoms with Gasteiger partial charge in [-0.3, -0.25) is 4.79 Å². The molecule has 18 heavy (non-hydrogen) atoms. The van der Waals surface area contributed by atoms with Crippen molar-refractivity contribution in [1.82, 2.24) is 0 Å². The molecular formula is C14H20FNO2. The summed E-state index contributed by atoms with van der Waals surface area (Å²) in [5, 5.41) is 0. The van der Waals surface area contributed by atoms with E-state index in [0.717, 1.165) is 0 Å². The van der Waals surface area contributed by atoms with Crippen LogP contribution in [0.1, 0.15) is 38.7 Å². The lowest BCUT2D eigenvalue weighted by Gasteiger charge is -2.18. The molecule has 0 saturated carbocycles. The van der Waals surface area contributed by atoms with E-state index in [-0.39, 0.29) is 11.7 Å². The molecular weight excluding hydrogens is 233 g/mol. The van der Waals surface area contributed by atoms with Gasteiger partial charge in [-0.2, -0.15) is 0 Å². The highest BCUT2D eigenvalue weighted by Crippen LogP contribution is 2.27. The number of ether oxygens (including phenoxy) is 1. The highest BCUT2D eigenvalue weighted by atomic mass is 19.1. The molecule has 0 fully saturated rings. The summed E-state index contributed by atoms with van der Waals surface area (Å²) in [6, 6.07) is 4.49. The number of nitrogen functional groups attached to an aromatic ring is 1. The molecule has 2 N–H and O–H groups in total. The smallest absolute Gasteiger partial charge is 0.313 e. The van der Waals surface area contributed by atoms with Gasteiger partial charge in [0.25, 0.3) is 0 Å². The number of carbonyl (C=O) groups is 1. The second-order valence-electron chi connectivity index (χ2n) is 4.72. The third-order valence-corrected chi connectivity index (χ3v) is 2.71. The van der Waals surface area contributed by atoms with Crippen molar-refractivity contribution >= 4 is 11.7 Å². The quantitative estimate of drug-likeness (QED) is 0.648. The Morgan fingerprint density at radius 1 is 1.44 bits per heavy atom. The first-order valence-corrected chi connectivity index (χ1v) is 6.17. The molecule has 0 amide bonds. The highest BCUT2D eigenvalue weighted by molar-refractivity contribution is 5.78. The molecule has 0 heterocycles. The number of hydrogen-bond acceptors (Lipinski definition) is 3. The fraction of sp³-hybridized carbons (Fsp3) is 0.500. The van der Waals surface area contributed by atoms with Gasteiger partial charge in [-0.25, -0.2) is 4.39 Å². The lowest BCUT2D eigenvalue weighted by atomic mass is 9.90. The van der Waals surface area contributed by atoms with Crippen LogP contribution in [0.4, 0.5) is 10.1 Å². The Morgan fingerprint density at radius 2 is 2.11 bits per heavy atom. The summed E-state index contributed by atoms with van der Waals surface area (Å²) >= 11 is 0. The number of nitrogens with two attached hydrogens (primary N) is 1. The van der Waals surface area contributed by atoms with Crippen molar-refractivity contribution < 1.29 is 13.9 Å². The zero-order valence-corrected chi connectivity index (χ0v) is 11.1. The van der Waals surface area contributed by atoms with Crippen molar-refractivity contribution in [2.45, 2.75) is 33.1 Å². The Bertz CT molecular complexity index is 418. The minimum absolute atomic E-state index is 0.0888. The van der Waals surface area contributed by atoms with Gasteiger partial charge in [-0.1, -0.05) is 19.9 Å². The third kappa shape index (κ3) is 3.72. The molecule has 0 aliphatic carbocycles. The summed E-state index contributed by atoms with van der Waals surface area (Å²) in [7, 11) is 0. The number of carbonyl (C=O) groups excluding carboxylic acids is 1. The second kappa shape index (κ2) is 6.38. The molecule has 0 aliphatic rings. The molecule has 1 unspecified atom stereocenters. The van der Waals surface area contributed by atoms with Gasteiger partial charge in [-0.05, 0) is 37.0 Å². The largest absolute Gasteiger partial charge is 0.466 e. The topological polar surface area (TPSA) is 52.3 Å². The molecule has 0 bridgehead atoms. The first-order valence-electron chi connectivity index (χ1n) is 6.17. The maximum atomic E-state index is 13.4. The van der Waals surface area contributed by atoms with Crippen molar-refractivity contribution in [1.29, 1.82) is 0 Å². The van der Waals surface area contributed by atoms with E-state index in [4.69, 9.17) is 10.5 Å². The maximum Gasteiger partial charge on any atom is 0.313 e. The number of rotatable bonds is 5. The van der Waals surface area contributed by atoms with Crippen LogP contribution in [-0.2, 0) is 9.53 Å². The van der Waals surface area contributed by atoms with E-state index < -0.39 is 11.7 Å². The molecule has 0 spiro atoms. The summed E-state index contributed by atoms with van der Waals surface area (Å²) in [5.41, 5.74) is 6.14. The van der Waals surface area contributed by atoms with Crippen molar-refractivity contribution in [3.05, 3.63) is 29.6 Å². The fourth-order valence-corrected chi connectivity index (χ4v) is 1.84. The predicted molar refractivity (Wildman–Crippen MR) is 69.6 cm³/mol. The molecule has 0 aliphatic heterocycles. The van der Waals surface area contributed by atoms with Gasteiger partial charge in [0.2, 0.25) is 0 Å². The molecule has 0 radical (unpaired) electrons.